The molecule has 24 heavy (non-hydrogen) atoms. The maximum atomic E-state index is 12.8. The number of aryl methyl sites for hydroxylation is 1. The van der Waals surface area contributed by atoms with Crippen LogP contribution in [0.25, 0.3) is 0 Å². The summed E-state index contributed by atoms with van der Waals surface area (Å²) in [4.78, 5) is 4.12. The van der Waals surface area contributed by atoms with E-state index in [9.17, 15) is 8.42 Å². The van der Waals surface area contributed by atoms with Gasteiger partial charge in [0.1, 0.15) is 10.6 Å². The Morgan fingerprint density at radius 2 is 1.88 bits per heavy atom. The summed E-state index contributed by atoms with van der Waals surface area (Å²) in [5.41, 5.74) is 2.88. The first-order chi connectivity index (χ1) is 11.3. The standard InChI is InChI=1S/C18H24N2O3S/c1-5-23-17-10-14(4)16(13(2)3)11-18(17)24(21,22)20-12-15-6-8-19-9-7-15/h6-11,13,20H,5,12H2,1-4H3. The molecule has 6 heteroatoms. The summed E-state index contributed by atoms with van der Waals surface area (Å²) in [5.74, 6) is 0.622. The molecule has 0 unspecified atom stereocenters. The predicted octanol–water partition coefficient (Wildman–Crippen LogP) is 3.39. The van der Waals surface area contributed by atoms with Gasteiger partial charge in [-0.3, -0.25) is 4.98 Å². The first kappa shape index (κ1) is 18.4. The van der Waals surface area contributed by atoms with Crippen LogP contribution in [0.15, 0.2) is 41.6 Å². The van der Waals surface area contributed by atoms with Gasteiger partial charge in [-0.2, -0.15) is 0 Å². The largest absolute Gasteiger partial charge is 0.492 e. The summed E-state index contributed by atoms with van der Waals surface area (Å²) in [6.45, 7) is 8.52. The third-order valence-corrected chi connectivity index (χ3v) is 5.18. The molecule has 0 aliphatic heterocycles. The number of hydrogen-bond acceptors (Lipinski definition) is 4. The average molecular weight is 348 g/mol. The van der Waals surface area contributed by atoms with Crippen LogP contribution >= 0.6 is 0 Å². The second-order valence-corrected chi connectivity index (χ2v) is 7.66. The van der Waals surface area contributed by atoms with Gasteiger partial charge in [-0.05, 0) is 60.7 Å². The molecule has 1 N–H and O–H groups in total. The summed E-state index contributed by atoms with van der Waals surface area (Å²) in [5, 5.41) is 0. The summed E-state index contributed by atoms with van der Waals surface area (Å²) < 4.78 is 33.8. The van der Waals surface area contributed by atoms with Gasteiger partial charge in [-0.25, -0.2) is 13.1 Å². The molecule has 0 aliphatic rings. The molecule has 2 aromatic rings. The van der Waals surface area contributed by atoms with E-state index in [0.29, 0.717) is 12.4 Å². The van der Waals surface area contributed by atoms with E-state index >= 15 is 0 Å². The van der Waals surface area contributed by atoms with Gasteiger partial charge in [-0.15, -0.1) is 0 Å². The number of ether oxygens (including phenoxy) is 1. The molecule has 0 aliphatic carbocycles. The zero-order valence-corrected chi connectivity index (χ0v) is 15.4. The van der Waals surface area contributed by atoms with E-state index in [2.05, 4.69) is 9.71 Å². The van der Waals surface area contributed by atoms with Crippen molar-refractivity contribution < 1.29 is 13.2 Å². The third kappa shape index (κ3) is 4.33. The minimum Gasteiger partial charge on any atom is -0.492 e. The molecule has 130 valence electrons. The molecule has 0 radical (unpaired) electrons. The summed E-state index contributed by atoms with van der Waals surface area (Å²) in [6.07, 6.45) is 3.27. The van der Waals surface area contributed by atoms with Crippen LogP contribution in [0.1, 0.15) is 43.4 Å². The molecular weight excluding hydrogens is 324 g/mol. The van der Waals surface area contributed by atoms with Crippen molar-refractivity contribution in [1.29, 1.82) is 0 Å². The highest BCUT2D eigenvalue weighted by Gasteiger charge is 2.22. The van der Waals surface area contributed by atoms with Crippen molar-refractivity contribution in [3.63, 3.8) is 0 Å². The Labute approximate surface area is 144 Å². The van der Waals surface area contributed by atoms with Crippen molar-refractivity contribution >= 4 is 10.0 Å². The lowest BCUT2D eigenvalue weighted by atomic mass is 9.98. The first-order valence-corrected chi connectivity index (χ1v) is 9.49. The zero-order chi connectivity index (χ0) is 17.7. The number of hydrogen-bond donors (Lipinski definition) is 1. The fourth-order valence-corrected chi connectivity index (χ4v) is 3.71. The van der Waals surface area contributed by atoms with E-state index in [-0.39, 0.29) is 17.4 Å². The molecular formula is C18H24N2O3S. The maximum Gasteiger partial charge on any atom is 0.244 e. The van der Waals surface area contributed by atoms with Gasteiger partial charge in [-0.1, -0.05) is 13.8 Å². The molecule has 0 saturated heterocycles. The van der Waals surface area contributed by atoms with Crippen LogP contribution in [-0.4, -0.2) is 20.0 Å². The highest BCUT2D eigenvalue weighted by atomic mass is 32.2. The second-order valence-electron chi connectivity index (χ2n) is 5.92. The van der Waals surface area contributed by atoms with Crippen molar-refractivity contribution in [1.82, 2.24) is 9.71 Å². The Kier molecular flexibility index (Phi) is 5.96. The Balaban J connectivity index is 2.38. The van der Waals surface area contributed by atoms with Crippen LogP contribution in [0.4, 0.5) is 0 Å². The van der Waals surface area contributed by atoms with Crippen LogP contribution in [0.2, 0.25) is 0 Å². The second kappa shape index (κ2) is 7.77. The minimum atomic E-state index is -3.68. The van der Waals surface area contributed by atoms with Crippen molar-refractivity contribution in [3.05, 3.63) is 53.3 Å². The van der Waals surface area contributed by atoms with Gasteiger partial charge in [0.05, 0.1) is 6.61 Å². The van der Waals surface area contributed by atoms with Gasteiger partial charge in [0.25, 0.3) is 0 Å². The normalized spacial score (nSPS) is 11.7. The monoisotopic (exact) mass is 348 g/mol. The van der Waals surface area contributed by atoms with Gasteiger partial charge in [0.2, 0.25) is 10.0 Å². The van der Waals surface area contributed by atoms with Crippen LogP contribution in [0, 0.1) is 6.92 Å². The topological polar surface area (TPSA) is 68.3 Å². The summed E-state index contributed by atoms with van der Waals surface area (Å²) in [7, 11) is -3.68. The van der Waals surface area contributed by atoms with E-state index in [1.807, 2.05) is 27.7 Å². The van der Waals surface area contributed by atoms with E-state index in [1.165, 1.54) is 0 Å². The molecule has 1 aromatic carbocycles. The number of benzene rings is 1. The fourth-order valence-electron chi connectivity index (χ4n) is 2.53. The van der Waals surface area contributed by atoms with Crippen LogP contribution < -0.4 is 9.46 Å². The number of nitrogens with zero attached hydrogens (tertiary/aromatic N) is 1. The van der Waals surface area contributed by atoms with E-state index in [4.69, 9.17) is 4.74 Å². The highest BCUT2D eigenvalue weighted by molar-refractivity contribution is 7.89. The molecule has 0 atom stereocenters. The summed E-state index contributed by atoms with van der Waals surface area (Å²) >= 11 is 0. The lowest BCUT2D eigenvalue weighted by Gasteiger charge is -2.17. The molecule has 1 aromatic heterocycles. The molecule has 5 nitrogen and oxygen atoms in total. The van der Waals surface area contributed by atoms with E-state index < -0.39 is 10.0 Å². The van der Waals surface area contributed by atoms with Crippen molar-refractivity contribution in [3.8, 4) is 5.75 Å². The molecule has 0 saturated carbocycles. The van der Waals surface area contributed by atoms with Crippen LogP contribution in [-0.2, 0) is 16.6 Å². The molecule has 0 fully saturated rings. The molecule has 0 spiro atoms. The molecule has 1 heterocycles. The minimum absolute atomic E-state index is 0.188. The Morgan fingerprint density at radius 3 is 2.46 bits per heavy atom. The van der Waals surface area contributed by atoms with Crippen molar-refractivity contribution in [2.75, 3.05) is 6.61 Å². The van der Waals surface area contributed by atoms with Crippen molar-refractivity contribution in [2.45, 2.75) is 45.1 Å². The van der Waals surface area contributed by atoms with Gasteiger partial charge >= 0.3 is 0 Å². The Hall–Kier alpha value is -1.92. The van der Waals surface area contributed by atoms with Gasteiger partial charge in [0, 0.05) is 18.9 Å². The summed E-state index contributed by atoms with van der Waals surface area (Å²) in [6, 6.07) is 7.08. The zero-order valence-electron chi connectivity index (χ0n) is 14.5. The maximum absolute atomic E-state index is 12.8. The van der Waals surface area contributed by atoms with Crippen molar-refractivity contribution in [2.24, 2.45) is 0 Å². The highest BCUT2D eigenvalue weighted by Crippen LogP contribution is 2.31. The van der Waals surface area contributed by atoms with Crippen LogP contribution in [0.3, 0.4) is 0 Å². The Bertz CT molecular complexity index is 787. The van der Waals surface area contributed by atoms with Gasteiger partial charge < -0.3 is 4.74 Å². The molecule has 2 rings (SSSR count). The number of aromatic nitrogens is 1. The van der Waals surface area contributed by atoms with Crippen LogP contribution in [0.5, 0.6) is 5.75 Å². The molecule has 0 amide bonds. The predicted molar refractivity (Wildman–Crippen MR) is 94.7 cm³/mol. The lowest BCUT2D eigenvalue weighted by Crippen LogP contribution is -2.24. The number of nitrogens with one attached hydrogen (secondary N) is 1. The van der Waals surface area contributed by atoms with E-state index in [1.54, 1.807) is 36.7 Å². The lowest BCUT2D eigenvalue weighted by molar-refractivity contribution is 0.330. The molecule has 0 bridgehead atoms. The third-order valence-electron chi connectivity index (χ3n) is 3.76. The SMILES string of the molecule is CCOc1cc(C)c(C(C)C)cc1S(=O)(=O)NCc1ccncc1. The van der Waals surface area contributed by atoms with Gasteiger partial charge in [0.15, 0.2) is 0 Å². The smallest absolute Gasteiger partial charge is 0.244 e. The fraction of sp³-hybridized carbons (Fsp3) is 0.389. The number of sulfonamides is 1. The quantitative estimate of drug-likeness (QED) is 0.833. The number of pyridine rings is 1. The Morgan fingerprint density at radius 1 is 1.21 bits per heavy atom. The average Bonchev–Trinajstić information content (AvgIpc) is 2.54. The first-order valence-electron chi connectivity index (χ1n) is 8.01. The van der Waals surface area contributed by atoms with E-state index in [0.717, 1.165) is 16.7 Å². The number of rotatable bonds is 7.